The van der Waals surface area contributed by atoms with Crippen LogP contribution >= 0.6 is 0 Å². The molecule has 0 spiro atoms. The highest BCUT2D eigenvalue weighted by Gasteiger charge is 2.28. The highest BCUT2D eigenvalue weighted by molar-refractivity contribution is 7.92. The van der Waals surface area contributed by atoms with Crippen molar-refractivity contribution in [2.75, 3.05) is 30.4 Å². The number of nitrogens with one attached hydrogen (secondary N) is 1. The number of carbonyl (C=O) groups excluding carboxylic acids is 1. The second-order valence-electron chi connectivity index (χ2n) is 6.23. The van der Waals surface area contributed by atoms with E-state index < -0.39 is 25.5 Å². The number of hydrogen-bond donors (Lipinski definition) is 1. The van der Waals surface area contributed by atoms with Gasteiger partial charge in [0.25, 0.3) is 15.7 Å². The molecule has 154 valence electrons. The van der Waals surface area contributed by atoms with Crippen LogP contribution in [0.25, 0.3) is 0 Å². The van der Waals surface area contributed by atoms with Crippen molar-refractivity contribution in [3.63, 3.8) is 0 Å². The van der Waals surface area contributed by atoms with Gasteiger partial charge in [-0.2, -0.15) is 0 Å². The van der Waals surface area contributed by atoms with Crippen LogP contribution in [0.1, 0.15) is 12.8 Å². The van der Waals surface area contributed by atoms with E-state index in [0.29, 0.717) is 24.4 Å². The van der Waals surface area contributed by atoms with Gasteiger partial charge in [-0.15, -0.1) is 0 Å². The second kappa shape index (κ2) is 7.95. The Morgan fingerprint density at radius 1 is 1.14 bits per heavy atom. The SMILES string of the molecule is COc1ccc(S(=O)(=O)Nc2ccc(N3CCCC3=O)c(OC)c2)c([N+](=O)[O-])c1. The monoisotopic (exact) mass is 421 g/mol. The van der Waals surface area contributed by atoms with E-state index in [9.17, 15) is 23.3 Å². The van der Waals surface area contributed by atoms with Gasteiger partial charge in [0.2, 0.25) is 5.91 Å². The first-order valence-electron chi connectivity index (χ1n) is 8.60. The van der Waals surface area contributed by atoms with Gasteiger partial charge in [0.1, 0.15) is 11.5 Å². The lowest BCUT2D eigenvalue weighted by molar-refractivity contribution is -0.387. The lowest BCUT2D eigenvalue weighted by Gasteiger charge is -2.20. The Kier molecular flexibility index (Phi) is 5.59. The van der Waals surface area contributed by atoms with Crippen molar-refractivity contribution in [1.29, 1.82) is 0 Å². The standard InChI is InChI=1S/C18H19N3O7S/c1-27-13-6-8-17(15(11-13)21(23)24)29(25,26)19-12-5-7-14(16(10-12)28-2)20-9-3-4-18(20)22/h5-8,10-11,19H,3-4,9H2,1-2H3. The predicted octanol–water partition coefficient (Wildman–Crippen LogP) is 2.54. The molecule has 1 heterocycles. The van der Waals surface area contributed by atoms with Crippen LogP contribution in [0.2, 0.25) is 0 Å². The Morgan fingerprint density at radius 2 is 1.90 bits per heavy atom. The topological polar surface area (TPSA) is 128 Å². The van der Waals surface area contributed by atoms with Gasteiger partial charge >= 0.3 is 0 Å². The zero-order chi connectivity index (χ0) is 21.2. The van der Waals surface area contributed by atoms with E-state index >= 15 is 0 Å². The minimum atomic E-state index is -4.26. The summed E-state index contributed by atoms with van der Waals surface area (Å²) < 4.78 is 38.1. The van der Waals surface area contributed by atoms with E-state index in [1.807, 2.05) is 0 Å². The normalized spacial score (nSPS) is 14.0. The van der Waals surface area contributed by atoms with Gasteiger partial charge < -0.3 is 14.4 Å². The number of nitro benzene ring substituents is 1. The lowest BCUT2D eigenvalue weighted by atomic mass is 10.2. The maximum absolute atomic E-state index is 12.8. The number of nitrogens with zero attached hydrogens (tertiary/aromatic N) is 2. The molecule has 1 saturated heterocycles. The number of amides is 1. The molecule has 29 heavy (non-hydrogen) atoms. The summed E-state index contributed by atoms with van der Waals surface area (Å²) in [7, 11) is -1.53. The fraction of sp³-hybridized carbons (Fsp3) is 0.278. The average Bonchev–Trinajstić information content (AvgIpc) is 3.12. The van der Waals surface area contributed by atoms with Gasteiger partial charge in [-0.3, -0.25) is 19.6 Å². The van der Waals surface area contributed by atoms with Crippen LogP contribution in [0.5, 0.6) is 11.5 Å². The molecule has 0 atom stereocenters. The number of ether oxygens (including phenoxy) is 2. The molecule has 0 saturated carbocycles. The largest absolute Gasteiger partial charge is 0.497 e. The van der Waals surface area contributed by atoms with Crippen LogP contribution in [0.3, 0.4) is 0 Å². The minimum Gasteiger partial charge on any atom is -0.497 e. The maximum atomic E-state index is 12.8. The first-order valence-corrected chi connectivity index (χ1v) is 10.1. The minimum absolute atomic E-state index is 0.0366. The lowest BCUT2D eigenvalue weighted by Crippen LogP contribution is -2.24. The number of sulfonamides is 1. The molecule has 11 heteroatoms. The van der Waals surface area contributed by atoms with E-state index in [1.54, 1.807) is 11.0 Å². The molecule has 0 bridgehead atoms. The van der Waals surface area contributed by atoms with Crippen LogP contribution < -0.4 is 19.1 Å². The molecule has 10 nitrogen and oxygen atoms in total. The van der Waals surface area contributed by atoms with Crippen molar-refractivity contribution in [3.8, 4) is 11.5 Å². The Hall–Kier alpha value is -3.34. The third-order valence-corrected chi connectivity index (χ3v) is 5.88. The number of methoxy groups -OCH3 is 2. The highest BCUT2D eigenvalue weighted by Crippen LogP contribution is 2.35. The smallest absolute Gasteiger partial charge is 0.293 e. The van der Waals surface area contributed by atoms with Crippen LogP contribution in [0.15, 0.2) is 41.3 Å². The average molecular weight is 421 g/mol. The summed E-state index contributed by atoms with van der Waals surface area (Å²) in [5.74, 6) is 0.437. The number of rotatable bonds is 7. The molecule has 0 aromatic heterocycles. The summed E-state index contributed by atoms with van der Waals surface area (Å²) in [6, 6.07) is 7.93. The van der Waals surface area contributed by atoms with Crippen LogP contribution in [0, 0.1) is 10.1 Å². The van der Waals surface area contributed by atoms with Crippen molar-refractivity contribution >= 4 is 33.0 Å². The summed E-state index contributed by atoms with van der Waals surface area (Å²) in [5, 5.41) is 11.3. The van der Waals surface area contributed by atoms with E-state index in [-0.39, 0.29) is 17.3 Å². The molecule has 0 unspecified atom stereocenters. The molecule has 1 fully saturated rings. The molecule has 0 aliphatic carbocycles. The summed E-state index contributed by atoms with van der Waals surface area (Å²) >= 11 is 0. The molecule has 3 rings (SSSR count). The first-order chi connectivity index (χ1) is 13.8. The molecule has 2 aromatic carbocycles. The Labute approximate surface area is 167 Å². The van der Waals surface area contributed by atoms with Gasteiger partial charge in [-0.05, 0) is 30.7 Å². The molecule has 1 amide bonds. The third kappa shape index (κ3) is 4.09. The van der Waals surface area contributed by atoms with E-state index in [1.165, 1.54) is 32.4 Å². The Balaban J connectivity index is 1.95. The van der Waals surface area contributed by atoms with Crippen molar-refractivity contribution in [3.05, 3.63) is 46.5 Å². The molecule has 2 aromatic rings. The van der Waals surface area contributed by atoms with Crippen molar-refractivity contribution in [2.45, 2.75) is 17.7 Å². The van der Waals surface area contributed by atoms with E-state index in [4.69, 9.17) is 9.47 Å². The predicted molar refractivity (Wildman–Crippen MR) is 105 cm³/mol. The highest BCUT2D eigenvalue weighted by atomic mass is 32.2. The quantitative estimate of drug-likeness (QED) is 0.537. The number of hydrogen-bond acceptors (Lipinski definition) is 7. The van der Waals surface area contributed by atoms with Gasteiger partial charge in [0.15, 0.2) is 4.90 Å². The summed E-state index contributed by atoms with van der Waals surface area (Å²) in [6.07, 6.45) is 1.18. The van der Waals surface area contributed by atoms with Gasteiger partial charge in [-0.25, -0.2) is 8.42 Å². The van der Waals surface area contributed by atoms with Crippen LogP contribution in [-0.4, -0.2) is 40.0 Å². The van der Waals surface area contributed by atoms with Gasteiger partial charge in [0, 0.05) is 19.0 Å². The van der Waals surface area contributed by atoms with Crippen molar-refractivity contribution in [1.82, 2.24) is 0 Å². The maximum Gasteiger partial charge on any atom is 0.293 e. The number of nitro groups is 1. The second-order valence-corrected chi connectivity index (χ2v) is 7.88. The molecular formula is C18H19N3O7S. The number of anilines is 2. The molecule has 0 radical (unpaired) electrons. The molecule has 1 N–H and O–H groups in total. The van der Waals surface area contributed by atoms with Gasteiger partial charge in [0.05, 0.1) is 36.6 Å². The molecule has 1 aliphatic rings. The first kappa shape index (κ1) is 20.4. The summed E-state index contributed by atoms with van der Waals surface area (Å²) in [4.78, 5) is 23.6. The van der Waals surface area contributed by atoms with Crippen molar-refractivity contribution < 1.29 is 27.6 Å². The van der Waals surface area contributed by atoms with Crippen molar-refractivity contribution in [2.24, 2.45) is 0 Å². The van der Waals surface area contributed by atoms with Crippen LogP contribution in [-0.2, 0) is 14.8 Å². The fourth-order valence-electron chi connectivity index (χ4n) is 3.07. The summed E-state index contributed by atoms with van der Waals surface area (Å²) in [6.45, 7) is 0.554. The Morgan fingerprint density at radius 3 is 2.48 bits per heavy atom. The van der Waals surface area contributed by atoms with E-state index in [2.05, 4.69) is 4.72 Å². The number of benzene rings is 2. The third-order valence-electron chi connectivity index (χ3n) is 4.45. The van der Waals surface area contributed by atoms with E-state index in [0.717, 1.165) is 18.6 Å². The molecule has 1 aliphatic heterocycles. The zero-order valence-electron chi connectivity index (χ0n) is 15.7. The number of carbonyl (C=O) groups is 1. The fourth-order valence-corrected chi connectivity index (χ4v) is 4.27. The zero-order valence-corrected chi connectivity index (χ0v) is 16.6. The van der Waals surface area contributed by atoms with Crippen LogP contribution in [0.4, 0.5) is 17.1 Å². The Bertz CT molecular complexity index is 1070. The molecular weight excluding hydrogens is 402 g/mol. The van der Waals surface area contributed by atoms with Gasteiger partial charge in [-0.1, -0.05) is 0 Å². The summed E-state index contributed by atoms with van der Waals surface area (Å²) in [5.41, 5.74) is 0.0684.